The van der Waals surface area contributed by atoms with Crippen LogP contribution in [0.1, 0.15) is 36.5 Å². The van der Waals surface area contributed by atoms with E-state index in [1.165, 1.54) is 7.11 Å². The summed E-state index contributed by atoms with van der Waals surface area (Å²) in [6.45, 7) is 3.42. The number of methoxy groups -OCH3 is 2. The van der Waals surface area contributed by atoms with Gasteiger partial charge in [-0.25, -0.2) is 0 Å². The van der Waals surface area contributed by atoms with E-state index in [1.807, 2.05) is 24.3 Å². The third-order valence-electron chi connectivity index (χ3n) is 7.41. The van der Waals surface area contributed by atoms with Crippen LogP contribution in [0.3, 0.4) is 0 Å². The molecule has 0 saturated carbocycles. The molecule has 4 N–H and O–H groups in total. The lowest BCUT2D eigenvalue weighted by molar-refractivity contribution is -0.140. The van der Waals surface area contributed by atoms with Gasteiger partial charge in [0.15, 0.2) is 11.5 Å². The Morgan fingerprint density at radius 3 is 2.52 bits per heavy atom. The van der Waals surface area contributed by atoms with E-state index in [1.54, 1.807) is 44.1 Å². The van der Waals surface area contributed by atoms with Gasteiger partial charge in [-0.15, -0.1) is 0 Å². The van der Waals surface area contributed by atoms with Crippen molar-refractivity contribution in [2.45, 2.75) is 51.0 Å². The van der Waals surface area contributed by atoms with Crippen LogP contribution < -0.4 is 19.5 Å². The zero-order chi connectivity index (χ0) is 29.0. The van der Waals surface area contributed by atoms with Crippen molar-refractivity contribution in [1.29, 1.82) is 0 Å². The van der Waals surface area contributed by atoms with E-state index < -0.39 is 30.1 Å². The number of benzene rings is 2. The second kappa shape index (κ2) is 12.7. The topological polar surface area (TPSA) is 138 Å². The highest BCUT2D eigenvalue weighted by Crippen LogP contribution is 2.51. The number of carbonyl (C=O) groups excluding carboxylic acids is 2. The van der Waals surface area contributed by atoms with E-state index in [0.29, 0.717) is 40.4 Å². The molecule has 2 aromatic carbocycles. The van der Waals surface area contributed by atoms with Crippen molar-refractivity contribution in [2.24, 2.45) is 5.92 Å². The van der Waals surface area contributed by atoms with Crippen LogP contribution in [0.25, 0.3) is 0 Å². The van der Waals surface area contributed by atoms with Gasteiger partial charge < -0.3 is 39.7 Å². The number of hydrogen-bond acceptors (Lipinski definition) is 8. The highest BCUT2D eigenvalue weighted by Gasteiger charge is 2.51. The number of carbonyl (C=O) groups is 2. The summed E-state index contributed by atoms with van der Waals surface area (Å²) in [4.78, 5) is 28.5. The SMILES string of the molecule is COc1cccc(CCN(C(=O)C(C)C)C2C=C(C(=O)NCCO)C3c4cc(CO)cc(OC)c4OC3C2O)c1. The molecule has 4 unspecified atom stereocenters. The minimum absolute atomic E-state index is 0.0406. The van der Waals surface area contributed by atoms with Crippen molar-refractivity contribution >= 4 is 11.8 Å². The van der Waals surface area contributed by atoms with Crippen molar-refractivity contribution in [3.63, 3.8) is 0 Å². The van der Waals surface area contributed by atoms with Crippen LogP contribution in [-0.2, 0) is 22.6 Å². The molecular weight excluding hydrogens is 516 g/mol. The van der Waals surface area contributed by atoms with Gasteiger partial charge in [0, 0.05) is 30.1 Å². The number of rotatable bonds is 11. The largest absolute Gasteiger partial charge is 0.497 e. The van der Waals surface area contributed by atoms with Crippen molar-refractivity contribution in [3.05, 3.63) is 64.7 Å². The molecule has 0 fully saturated rings. The molecule has 0 saturated heterocycles. The molecule has 0 spiro atoms. The van der Waals surface area contributed by atoms with Gasteiger partial charge in [-0.1, -0.05) is 26.0 Å². The lowest BCUT2D eigenvalue weighted by Gasteiger charge is -2.41. The van der Waals surface area contributed by atoms with Gasteiger partial charge in [0.2, 0.25) is 11.8 Å². The van der Waals surface area contributed by atoms with Crippen LogP contribution in [0, 0.1) is 5.92 Å². The Bertz CT molecular complexity index is 1260. The fraction of sp³-hybridized carbons (Fsp3) is 0.467. The number of ether oxygens (including phenoxy) is 3. The van der Waals surface area contributed by atoms with Crippen molar-refractivity contribution in [1.82, 2.24) is 10.2 Å². The highest BCUT2D eigenvalue weighted by molar-refractivity contribution is 5.96. The Balaban J connectivity index is 1.76. The van der Waals surface area contributed by atoms with Crippen LogP contribution in [0.4, 0.5) is 0 Å². The van der Waals surface area contributed by atoms with E-state index in [9.17, 15) is 24.9 Å². The molecule has 40 heavy (non-hydrogen) atoms. The molecule has 1 heterocycles. The first-order chi connectivity index (χ1) is 19.2. The molecule has 2 aromatic rings. The average Bonchev–Trinajstić information content (AvgIpc) is 3.36. The van der Waals surface area contributed by atoms with Gasteiger partial charge >= 0.3 is 0 Å². The third kappa shape index (κ3) is 5.79. The van der Waals surface area contributed by atoms with Gasteiger partial charge in [-0.2, -0.15) is 0 Å². The van der Waals surface area contributed by atoms with Gasteiger partial charge in [-0.3, -0.25) is 9.59 Å². The Hall–Kier alpha value is -3.60. The second-order valence-corrected chi connectivity index (χ2v) is 10.3. The molecule has 2 amide bonds. The van der Waals surface area contributed by atoms with Crippen molar-refractivity contribution < 1.29 is 39.1 Å². The minimum atomic E-state index is -1.16. The fourth-order valence-corrected chi connectivity index (χ4v) is 5.43. The first kappa shape index (κ1) is 29.4. The highest BCUT2D eigenvalue weighted by atomic mass is 16.5. The Morgan fingerprint density at radius 1 is 1.10 bits per heavy atom. The van der Waals surface area contributed by atoms with Gasteiger partial charge in [0.1, 0.15) is 18.0 Å². The predicted octanol–water partition coefficient (Wildman–Crippen LogP) is 1.55. The third-order valence-corrected chi connectivity index (χ3v) is 7.41. The van der Waals surface area contributed by atoms with Gasteiger partial charge in [0.05, 0.1) is 39.4 Å². The molecule has 10 heteroatoms. The summed E-state index contributed by atoms with van der Waals surface area (Å²) in [7, 11) is 3.07. The normalized spacial score (nSPS) is 21.1. The van der Waals surface area contributed by atoms with Crippen molar-refractivity contribution in [2.75, 3.05) is 33.9 Å². The number of fused-ring (bicyclic) bond motifs is 3. The standard InChI is InChI=1S/C30H38N2O8/c1-17(2)30(37)32(10-8-18-6-5-7-20(12-18)38-3)23-15-22(29(36)31-9-11-33)25-21-13-19(16-34)14-24(39-4)27(21)40-28(25)26(23)35/h5-7,12-15,17,23,25-26,28,33-35H,8-11,16H2,1-4H3,(H,31,36). The van der Waals surface area contributed by atoms with E-state index in [-0.39, 0.29) is 38.1 Å². The minimum Gasteiger partial charge on any atom is -0.497 e. The molecule has 1 aliphatic carbocycles. The summed E-state index contributed by atoms with van der Waals surface area (Å²) >= 11 is 0. The first-order valence-electron chi connectivity index (χ1n) is 13.4. The van der Waals surface area contributed by atoms with E-state index >= 15 is 0 Å². The van der Waals surface area contributed by atoms with E-state index in [4.69, 9.17) is 14.2 Å². The number of aliphatic hydroxyl groups is 3. The Kier molecular flexibility index (Phi) is 9.34. The summed E-state index contributed by atoms with van der Waals surface area (Å²) in [6.07, 6.45) is 0.0897. The monoisotopic (exact) mass is 554 g/mol. The van der Waals surface area contributed by atoms with Gasteiger partial charge in [0.25, 0.3) is 0 Å². The lowest BCUT2D eigenvalue weighted by Crippen LogP contribution is -2.56. The van der Waals surface area contributed by atoms with E-state index in [2.05, 4.69) is 5.32 Å². The van der Waals surface area contributed by atoms with Crippen molar-refractivity contribution in [3.8, 4) is 17.2 Å². The summed E-state index contributed by atoms with van der Waals surface area (Å²) in [5, 5.41) is 33.6. The average molecular weight is 555 g/mol. The molecule has 10 nitrogen and oxygen atoms in total. The summed E-state index contributed by atoms with van der Waals surface area (Å²) < 4.78 is 17.1. The van der Waals surface area contributed by atoms with Crippen LogP contribution in [0.15, 0.2) is 48.0 Å². The number of nitrogens with zero attached hydrogens (tertiary/aromatic N) is 1. The number of amides is 2. The molecule has 4 rings (SSSR count). The fourth-order valence-electron chi connectivity index (χ4n) is 5.43. The summed E-state index contributed by atoms with van der Waals surface area (Å²) in [5.74, 6) is -0.172. The molecule has 4 atom stereocenters. The lowest BCUT2D eigenvalue weighted by atomic mass is 9.77. The first-order valence-corrected chi connectivity index (χ1v) is 13.4. The second-order valence-electron chi connectivity index (χ2n) is 10.3. The number of hydrogen-bond donors (Lipinski definition) is 4. The molecule has 0 aromatic heterocycles. The van der Waals surface area contributed by atoms with E-state index in [0.717, 1.165) is 5.56 Å². The Morgan fingerprint density at radius 2 is 1.88 bits per heavy atom. The molecular formula is C30H38N2O8. The summed E-state index contributed by atoms with van der Waals surface area (Å²) in [5.41, 5.74) is 2.45. The zero-order valence-electron chi connectivity index (χ0n) is 23.3. The molecule has 2 aliphatic rings. The van der Waals surface area contributed by atoms with Crippen LogP contribution in [0.2, 0.25) is 0 Å². The van der Waals surface area contributed by atoms with Crippen LogP contribution in [-0.4, -0.2) is 84.2 Å². The molecule has 0 bridgehead atoms. The Labute approximate surface area is 234 Å². The smallest absolute Gasteiger partial charge is 0.247 e. The van der Waals surface area contributed by atoms with Crippen LogP contribution >= 0.6 is 0 Å². The maximum absolute atomic E-state index is 13.5. The summed E-state index contributed by atoms with van der Waals surface area (Å²) in [6, 6.07) is 10.1. The quantitative estimate of drug-likeness (QED) is 0.328. The van der Waals surface area contributed by atoms with Gasteiger partial charge in [-0.05, 0) is 47.9 Å². The maximum atomic E-state index is 13.5. The number of nitrogens with one attached hydrogen (secondary N) is 1. The number of aliphatic hydroxyl groups excluding tert-OH is 3. The maximum Gasteiger partial charge on any atom is 0.247 e. The molecule has 1 aliphatic heterocycles. The zero-order valence-corrected chi connectivity index (χ0v) is 23.3. The molecule has 216 valence electrons. The molecule has 0 radical (unpaired) electrons. The van der Waals surface area contributed by atoms with Crippen LogP contribution in [0.5, 0.6) is 17.2 Å². The predicted molar refractivity (Wildman–Crippen MR) is 147 cm³/mol.